The van der Waals surface area contributed by atoms with Crippen molar-refractivity contribution in [2.24, 2.45) is 0 Å². The molecule has 1 aromatic heterocycles. The molecule has 0 saturated heterocycles. The Balaban J connectivity index is 2.07. The average Bonchev–Trinajstić information content (AvgIpc) is 3.12. The molecule has 0 atom stereocenters. The zero-order chi connectivity index (χ0) is 12.7. The van der Waals surface area contributed by atoms with Crippen LogP contribution < -0.4 is 10.9 Å². The molecule has 1 heterocycles. The third-order valence-electron chi connectivity index (χ3n) is 2.85. The number of nitrogens with one attached hydrogen (secondary N) is 1. The lowest BCUT2D eigenvalue weighted by molar-refractivity contribution is 0.0947. The molecule has 0 unspecified atom stereocenters. The van der Waals surface area contributed by atoms with Crippen LogP contribution in [0.3, 0.4) is 0 Å². The van der Waals surface area contributed by atoms with E-state index in [9.17, 15) is 14.0 Å². The molecule has 0 radical (unpaired) electrons. The number of hydrogen-bond donors (Lipinski definition) is 1. The Morgan fingerprint density at radius 2 is 2.11 bits per heavy atom. The highest BCUT2D eigenvalue weighted by molar-refractivity contribution is 5.96. The van der Waals surface area contributed by atoms with Gasteiger partial charge in [0, 0.05) is 11.4 Å². The molecule has 18 heavy (non-hydrogen) atoms. The number of amides is 1. The number of fused-ring (bicyclic) bond motifs is 1. The van der Waals surface area contributed by atoms with E-state index in [1.165, 1.54) is 24.3 Å². The van der Waals surface area contributed by atoms with Crippen molar-refractivity contribution in [3.05, 3.63) is 46.1 Å². The second-order valence-electron chi connectivity index (χ2n) is 4.38. The summed E-state index contributed by atoms with van der Waals surface area (Å²) in [5.74, 6) is -0.901. The normalized spacial score (nSPS) is 14.7. The molecular formula is C13H10FNO3. The van der Waals surface area contributed by atoms with Gasteiger partial charge in [0.2, 0.25) is 0 Å². The molecule has 3 rings (SSSR count). The summed E-state index contributed by atoms with van der Waals surface area (Å²) < 4.78 is 18.1. The summed E-state index contributed by atoms with van der Waals surface area (Å²) in [6, 6.07) is 5.32. The molecule has 1 saturated carbocycles. The molecule has 2 aromatic rings. The first-order valence-electron chi connectivity index (χ1n) is 5.68. The highest BCUT2D eigenvalue weighted by atomic mass is 19.1. The van der Waals surface area contributed by atoms with Gasteiger partial charge >= 0.3 is 5.63 Å². The quantitative estimate of drug-likeness (QED) is 0.823. The van der Waals surface area contributed by atoms with Gasteiger partial charge < -0.3 is 9.73 Å². The molecule has 1 amide bonds. The van der Waals surface area contributed by atoms with Gasteiger partial charge in [-0.3, -0.25) is 4.79 Å². The molecule has 0 spiro atoms. The third kappa shape index (κ3) is 1.99. The second kappa shape index (κ2) is 3.94. The van der Waals surface area contributed by atoms with E-state index < -0.39 is 17.3 Å². The first-order valence-corrected chi connectivity index (χ1v) is 5.68. The van der Waals surface area contributed by atoms with Crippen LogP contribution in [0.4, 0.5) is 4.39 Å². The van der Waals surface area contributed by atoms with Crippen molar-refractivity contribution in [2.75, 3.05) is 0 Å². The van der Waals surface area contributed by atoms with Crippen molar-refractivity contribution < 1.29 is 13.6 Å². The fourth-order valence-electron chi connectivity index (χ4n) is 1.74. The first kappa shape index (κ1) is 11.0. The molecule has 1 aliphatic rings. The number of rotatable bonds is 2. The fourth-order valence-corrected chi connectivity index (χ4v) is 1.74. The monoisotopic (exact) mass is 247 g/mol. The van der Waals surface area contributed by atoms with E-state index in [-0.39, 0.29) is 17.2 Å². The summed E-state index contributed by atoms with van der Waals surface area (Å²) >= 11 is 0. The molecular weight excluding hydrogens is 237 g/mol. The Morgan fingerprint density at radius 3 is 2.83 bits per heavy atom. The Labute approximate surface area is 101 Å². The van der Waals surface area contributed by atoms with Gasteiger partial charge in [0.25, 0.3) is 5.91 Å². The van der Waals surface area contributed by atoms with Crippen LogP contribution in [0.1, 0.15) is 23.2 Å². The van der Waals surface area contributed by atoms with E-state index in [1.807, 2.05) is 0 Å². The minimum absolute atomic E-state index is 0.0833. The number of halogens is 1. The number of carbonyl (C=O) groups excluding carboxylic acids is 1. The largest absolute Gasteiger partial charge is 0.422 e. The van der Waals surface area contributed by atoms with Crippen LogP contribution in [0.25, 0.3) is 11.0 Å². The standard InChI is InChI=1S/C13H10FNO3/c14-8-1-4-11-7(5-8)6-10(13(17)18-11)12(16)15-9-2-3-9/h1,4-6,9H,2-3H2,(H,15,16). The van der Waals surface area contributed by atoms with Gasteiger partial charge in [-0.05, 0) is 37.1 Å². The van der Waals surface area contributed by atoms with E-state index >= 15 is 0 Å². The van der Waals surface area contributed by atoms with Crippen molar-refractivity contribution in [1.82, 2.24) is 5.32 Å². The highest BCUT2D eigenvalue weighted by Crippen LogP contribution is 2.20. The van der Waals surface area contributed by atoms with E-state index in [2.05, 4.69) is 5.32 Å². The lowest BCUT2D eigenvalue weighted by atomic mass is 10.1. The van der Waals surface area contributed by atoms with Gasteiger partial charge in [-0.2, -0.15) is 0 Å². The SMILES string of the molecule is O=C(NC1CC1)c1cc2cc(F)ccc2oc1=O. The second-order valence-corrected chi connectivity index (χ2v) is 4.38. The van der Waals surface area contributed by atoms with Crippen LogP contribution in [-0.4, -0.2) is 11.9 Å². The Hall–Kier alpha value is -2.17. The van der Waals surface area contributed by atoms with Gasteiger partial charge in [0.15, 0.2) is 0 Å². The predicted octanol–water partition coefficient (Wildman–Crippen LogP) is 1.82. The highest BCUT2D eigenvalue weighted by Gasteiger charge is 2.25. The Kier molecular flexibility index (Phi) is 2.40. The lowest BCUT2D eigenvalue weighted by Crippen LogP contribution is -2.29. The number of carbonyl (C=O) groups is 1. The van der Waals surface area contributed by atoms with Crippen LogP contribution >= 0.6 is 0 Å². The molecule has 92 valence electrons. The zero-order valence-electron chi connectivity index (χ0n) is 9.40. The Morgan fingerprint density at radius 1 is 1.33 bits per heavy atom. The predicted molar refractivity (Wildman–Crippen MR) is 62.9 cm³/mol. The molecule has 1 aliphatic carbocycles. The average molecular weight is 247 g/mol. The van der Waals surface area contributed by atoms with Crippen LogP contribution in [0.2, 0.25) is 0 Å². The summed E-state index contributed by atoms with van der Waals surface area (Å²) in [6.45, 7) is 0. The van der Waals surface area contributed by atoms with Crippen molar-refractivity contribution in [2.45, 2.75) is 18.9 Å². The summed E-state index contributed by atoms with van der Waals surface area (Å²) in [5, 5.41) is 3.10. The lowest BCUT2D eigenvalue weighted by Gasteiger charge is -2.03. The molecule has 1 N–H and O–H groups in total. The smallest absolute Gasteiger partial charge is 0.349 e. The van der Waals surface area contributed by atoms with E-state index in [0.717, 1.165) is 12.8 Å². The van der Waals surface area contributed by atoms with E-state index in [1.54, 1.807) is 0 Å². The fraction of sp³-hybridized carbons (Fsp3) is 0.231. The van der Waals surface area contributed by atoms with Crippen LogP contribution in [0.5, 0.6) is 0 Å². The van der Waals surface area contributed by atoms with E-state index in [4.69, 9.17) is 4.42 Å². The Bertz CT molecular complexity index is 688. The maximum absolute atomic E-state index is 13.1. The topological polar surface area (TPSA) is 59.3 Å². The van der Waals surface area contributed by atoms with Crippen LogP contribution in [0.15, 0.2) is 33.5 Å². The summed E-state index contributed by atoms with van der Waals surface area (Å²) in [7, 11) is 0. The van der Waals surface area contributed by atoms with Gasteiger partial charge in [0.1, 0.15) is 17.0 Å². The summed E-state index contributed by atoms with van der Waals surface area (Å²) in [6.07, 6.45) is 1.86. The van der Waals surface area contributed by atoms with Gasteiger partial charge in [-0.1, -0.05) is 0 Å². The molecule has 0 aliphatic heterocycles. The molecule has 1 aromatic carbocycles. The maximum Gasteiger partial charge on any atom is 0.349 e. The van der Waals surface area contributed by atoms with Gasteiger partial charge in [-0.25, -0.2) is 9.18 Å². The van der Waals surface area contributed by atoms with E-state index in [0.29, 0.717) is 5.39 Å². The van der Waals surface area contributed by atoms with Gasteiger partial charge in [0.05, 0.1) is 0 Å². The molecule has 5 heteroatoms. The first-order chi connectivity index (χ1) is 8.63. The number of hydrogen-bond acceptors (Lipinski definition) is 3. The van der Waals surface area contributed by atoms with Crippen LogP contribution in [0, 0.1) is 5.82 Å². The van der Waals surface area contributed by atoms with Crippen molar-refractivity contribution in [3.63, 3.8) is 0 Å². The maximum atomic E-state index is 13.1. The molecule has 1 fully saturated rings. The summed E-state index contributed by atoms with van der Waals surface area (Å²) in [5.41, 5.74) is -0.517. The van der Waals surface area contributed by atoms with Crippen LogP contribution in [-0.2, 0) is 0 Å². The molecule has 4 nitrogen and oxygen atoms in total. The molecule has 0 bridgehead atoms. The van der Waals surface area contributed by atoms with Crippen molar-refractivity contribution >= 4 is 16.9 Å². The van der Waals surface area contributed by atoms with Gasteiger partial charge in [-0.15, -0.1) is 0 Å². The van der Waals surface area contributed by atoms with Crippen molar-refractivity contribution in [1.29, 1.82) is 0 Å². The summed E-state index contributed by atoms with van der Waals surface area (Å²) in [4.78, 5) is 23.4. The third-order valence-corrected chi connectivity index (χ3v) is 2.85. The van der Waals surface area contributed by atoms with Crippen molar-refractivity contribution in [3.8, 4) is 0 Å². The minimum atomic E-state index is -0.702. The zero-order valence-corrected chi connectivity index (χ0v) is 9.40. The minimum Gasteiger partial charge on any atom is -0.422 e. The number of benzene rings is 1.